The molecule has 0 N–H and O–H groups in total. The monoisotopic (exact) mass is 380 g/mol. The van der Waals surface area contributed by atoms with Gasteiger partial charge in [0.25, 0.3) is 0 Å². The standard InChI is InChI=1S/2C7H11N.C6H10O2.3CH4/c2*1-6-4-5-7(2)8(6)3;1-5(7)3-4-6(2)8;;;/h2*4-5H,1-3H3;3-4H2,1-2H3;3*1H4. The van der Waals surface area contributed by atoms with Crippen LogP contribution in [0.5, 0.6) is 0 Å². The molecule has 0 fully saturated rings. The van der Waals surface area contributed by atoms with E-state index in [-0.39, 0.29) is 33.8 Å². The van der Waals surface area contributed by atoms with Crippen molar-refractivity contribution in [3.8, 4) is 0 Å². The number of Topliss-reactive ketones (excluding diaryl/α,β-unsaturated/α-hetero) is 2. The lowest BCUT2D eigenvalue weighted by atomic mass is 10.2. The van der Waals surface area contributed by atoms with Gasteiger partial charge in [-0.15, -0.1) is 0 Å². The number of nitrogens with zero attached hydrogens (tertiary/aromatic N) is 2. The highest BCUT2D eigenvalue weighted by Gasteiger charge is 1.95. The van der Waals surface area contributed by atoms with Crippen LogP contribution in [0.1, 0.15) is 71.7 Å². The maximum absolute atomic E-state index is 10.2. The largest absolute Gasteiger partial charge is 0.352 e. The summed E-state index contributed by atoms with van der Waals surface area (Å²) in [7, 11) is 4.15. The lowest BCUT2D eigenvalue weighted by Crippen LogP contribution is -1.95. The Kier molecular flexibility index (Phi) is 19.4. The Morgan fingerprint density at radius 2 is 0.815 bits per heavy atom. The second-order valence-corrected chi connectivity index (χ2v) is 6.25. The smallest absolute Gasteiger partial charge is 0.130 e. The topological polar surface area (TPSA) is 44.0 Å². The lowest BCUT2D eigenvalue weighted by Gasteiger charge is -1.96. The highest BCUT2D eigenvalue weighted by Crippen LogP contribution is 2.02. The lowest BCUT2D eigenvalue weighted by molar-refractivity contribution is -0.122. The summed E-state index contributed by atoms with van der Waals surface area (Å²) < 4.78 is 4.33. The molecule has 2 aromatic heterocycles. The average Bonchev–Trinajstić information content (AvgIpc) is 2.97. The van der Waals surface area contributed by atoms with Gasteiger partial charge in [0.2, 0.25) is 0 Å². The maximum atomic E-state index is 10.2. The van der Waals surface area contributed by atoms with Crippen LogP contribution in [-0.2, 0) is 23.7 Å². The van der Waals surface area contributed by atoms with Crippen LogP contribution in [0.2, 0.25) is 0 Å². The number of hydrogen-bond donors (Lipinski definition) is 0. The van der Waals surface area contributed by atoms with Crippen LogP contribution in [0.3, 0.4) is 0 Å². The van der Waals surface area contributed by atoms with Crippen molar-refractivity contribution in [2.24, 2.45) is 14.1 Å². The third-order valence-corrected chi connectivity index (χ3v) is 4.08. The highest BCUT2D eigenvalue weighted by atomic mass is 16.1. The third-order valence-electron chi connectivity index (χ3n) is 4.08. The van der Waals surface area contributed by atoms with E-state index in [1.54, 1.807) is 0 Å². The van der Waals surface area contributed by atoms with Crippen LogP contribution in [0.25, 0.3) is 0 Å². The first-order valence-electron chi connectivity index (χ1n) is 8.23. The van der Waals surface area contributed by atoms with E-state index in [9.17, 15) is 9.59 Å². The summed E-state index contributed by atoms with van der Waals surface area (Å²) >= 11 is 0. The molecule has 27 heavy (non-hydrogen) atoms. The molecule has 0 spiro atoms. The van der Waals surface area contributed by atoms with E-state index in [1.165, 1.54) is 36.6 Å². The molecule has 0 unspecified atom stereocenters. The Labute approximate surface area is 168 Å². The van der Waals surface area contributed by atoms with E-state index in [4.69, 9.17) is 0 Å². The molecule has 0 aliphatic rings. The Balaban J connectivity index is -0.000000139. The summed E-state index contributed by atoms with van der Waals surface area (Å²) in [5.41, 5.74) is 5.29. The molecule has 158 valence electrons. The molecule has 4 nitrogen and oxygen atoms in total. The van der Waals surface area contributed by atoms with Gasteiger partial charge in [-0.05, 0) is 65.8 Å². The Morgan fingerprint density at radius 1 is 0.630 bits per heavy atom. The Bertz CT molecular complexity index is 567. The summed E-state index contributed by atoms with van der Waals surface area (Å²) in [6.45, 7) is 11.4. The van der Waals surface area contributed by atoms with Gasteiger partial charge in [0.15, 0.2) is 0 Å². The van der Waals surface area contributed by atoms with Gasteiger partial charge in [0.1, 0.15) is 11.6 Å². The molecule has 0 aliphatic carbocycles. The van der Waals surface area contributed by atoms with Gasteiger partial charge in [-0.2, -0.15) is 0 Å². The number of aryl methyl sites for hydroxylation is 4. The molecule has 0 saturated carbocycles. The first-order chi connectivity index (χ1) is 11.1. The fraction of sp³-hybridized carbons (Fsp3) is 0.565. The summed E-state index contributed by atoms with van der Waals surface area (Å²) in [6, 6.07) is 8.48. The quantitative estimate of drug-likeness (QED) is 0.642. The van der Waals surface area contributed by atoms with Crippen molar-refractivity contribution in [3.05, 3.63) is 47.0 Å². The van der Waals surface area contributed by atoms with E-state index in [0.717, 1.165) is 0 Å². The average molecular weight is 381 g/mol. The van der Waals surface area contributed by atoms with Crippen molar-refractivity contribution in [2.75, 3.05) is 0 Å². The number of carbonyl (C=O) groups is 2. The molecule has 0 atom stereocenters. The van der Waals surface area contributed by atoms with Gasteiger partial charge in [-0.1, -0.05) is 22.3 Å². The molecule has 0 aliphatic heterocycles. The SMILES string of the molecule is C.C.C.CC(=O)CCC(C)=O.Cc1ccc(C)n1C.Cc1ccc(C)n1C. The zero-order valence-corrected chi connectivity index (χ0v) is 16.4. The van der Waals surface area contributed by atoms with Crippen molar-refractivity contribution < 1.29 is 9.59 Å². The van der Waals surface area contributed by atoms with Crippen LogP contribution in [0, 0.1) is 27.7 Å². The maximum Gasteiger partial charge on any atom is 0.130 e. The van der Waals surface area contributed by atoms with Gasteiger partial charge in [0, 0.05) is 49.7 Å². The van der Waals surface area contributed by atoms with Gasteiger partial charge < -0.3 is 18.7 Å². The van der Waals surface area contributed by atoms with Gasteiger partial charge in [0.05, 0.1) is 0 Å². The minimum Gasteiger partial charge on any atom is -0.352 e. The summed E-state index contributed by atoms with van der Waals surface area (Å²) in [5, 5.41) is 0. The van der Waals surface area contributed by atoms with E-state index in [1.807, 2.05) is 0 Å². The predicted molar refractivity (Wildman–Crippen MR) is 121 cm³/mol. The number of ketones is 2. The molecule has 2 heterocycles. The van der Waals surface area contributed by atoms with Gasteiger partial charge in [-0.25, -0.2) is 0 Å². The van der Waals surface area contributed by atoms with E-state index in [2.05, 4.69) is 75.2 Å². The first-order valence-corrected chi connectivity index (χ1v) is 8.23. The minimum absolute atomic E-state index is 0. The normalized spacial score (nSPS) is 8.44. The molecule has 2 rings (SSSR count). The molecule has 0 radical (unpaired) electrons. The van der Waals surface area contributed by atoms with E-state index >= 15 is 0 Å². The van der Waals surface area contributed by atoms with Crippen LogP contribution in [0.15, 0.2) is 24.3 Å². The number of aromatic nitrogens is 2. The zero-order chi connectivity index (χ0) is 18.9. The fourth-order valence-electron chi connectivity index (χ4n) is 1.84. The summed E-state index contributed by atoms with van der Waals surface area (Å²) in [4.78, 5) is 20.4. The second-order valence-electron chi connectivity index (χ2n) is 6.25. The van der Waals surface area contributed by atoms with Gasteiger partial charge >= 0.3 is 0 Å². The van der Waals surface area contributed by atoms with Crippen LogP contribution >= 0.6 is 0 Å². The van der Waals surface area contributed by atoms with E-state index in [0.29, 0.717) is 12.8 Å². The Hall–Kier alpha value is -2.10. The predicted octanol–water partition coefficient (Wildman–Crippen LogP) is 6.14. The van der Waals surface area contributed by atoms with Crippen LogP contribution < -0.4 is 0 Å². The van der Waals surface area contributed by atoms with Crippen molar-refractivity contribution in [2.45, 2.75) is 76.7 Å². The molecule has 0 aromatic carbocycles. The Morgan fingerprint density at radius 3 is 0.889 bits per heavy atom. The van der Waals surface area contributed by atoms with Crippen molar-refractivity contribution in [3.63, 3.8) is 0 Å². The molecule has 0 amide bonds. The minimum atomic E-state index is 0. The van der Waals surface area contributed by atoms with Crippen LogP contribution in [0.4, 0.5) is 0 Å². The fourth-order valence-corrected chi connectivity index (χ4v) is 1.84. The molecular formula is C23H44N2O2. The van der Waals surface area contributed by atoms with Crippen molar-refractivity contribution >= 4 is 11.6 Å². The first kappa shape index (κ1) is 32.6. The van der Waals surface area contributed by atoms with Crippen molar-refractivity contribution in [1.82, 2.24) is 9.13 Å². The van der Waals surface area contributed by atoms with Crippen LogP contribution in [-0.4, -0.2) is 20.7 Å². The van der Waals surface area contributed by atoms with E-state index < -0.39 is 0 Å². The molecular weight excluding hydrogens is 336 g/mol. The summed E-state index contributed by atoms with van der Waals surface area (Å²) in [5.74, 6) is 0.167. The number of hydrogen-bond acceptors (Lipinski definition) is 2. The molecule has 0 bridgehead atoms. The zero-order valence-electron chi connectivity index (χ0n) is 16.4. The number of carbonyl (C=O) groups excluding carboxylic acids is 2. The highest BCUT2D eigenvalue weighted by molar-refractivity contribution is 5.83. The number of rotatable bonds is 3. The molecule has 2 aromatic rings. The van der Waals surface area contributed by atoms with Gasteiger partial charge in [-0.3, -0.25) is 0 Å². The molecule has 4 heteroatoms. The summed E-state index contributed by atoms with van der Waals surface area (Å²) in [6.07, 6.45) is 0.796. The third kappa shape index (κ3) is 13.7. The van der Waals surface area contributed by atoms with Crippen molar-refractivity contribution in [1.29, 1.82) is 0 Å². The second kappa shape index (κ2) is 16.1. The molecule has 0 saturated heterocycles.